The van der Waals surface area contributed by atoms with E-state index in [9.17, 15) is 4.79 Å². The standard InChI is InChI=1S/C16H18N4O2S/c1-4-10-6-7-12-11(8-10)13-14(17-12)18-16(20-19-13)23-9(3)15(21)22-5-2/h6-9H,4-5H2,1-3H3,(H,17,18,20). The molecule has 6 nitrogen and oxygen atoms in total. The van der Waals surface area contributed by atoms with E-state index in [1.54, 1.807) is 13.8 Å². The zero-order valence-corrected chi connectivity index (χ0v) is 14.1. The number of carbonyl (C=O) groups excluding carboxylic acids is 1. The van der Waals surface area contributed by atoms with Gasteiger partial charge in [-0.05, 0) is 38.0 Å². The molecule has 0 saturated carbocycles. The first-order chi connectivity index (χ1) is 11.1. The number of aromatic amines is 1. The second-order valence-corrected chi connectivity index (χ2v) is 6.47. The molecular formula is C16H18N4O2S. The van der Waals surface area contributed by atoms with Crippen LogP contribution in [-0.4, -0.2) is 38.0 Å². The summed E-state index contributed by atoms with van der Waals surface area (Å²) in [6.45, 7) is 6.04. The van der Waals surface area contributed by atoms with E-state index >= 15 is 0 Å². The van der Waals surface area contributed by atoms with Crippen LogP contribution in [0.3, 0.4) is 0 Å². The molecule has 1 N–H and O–H groups in total. The van der Waals surface area contributed by atoms with Crippen LogP contribution in [0.5, 0.6) is 0 Å². The number of aryl methyl sites for hydroxylation is 1. The molecule has 0 saturated heterocycles. The highest BCUT2D eigenvalue weighted by Crippen LogP contribution is 2.26. The van der Waals surface area contributed by atoms with E-state index in [0.29, 0.717) is 17.4 Å². The van der Waals surface area contributed by atoms with Crippen LogP contribution < -0.4 is 0 Å². The van der Waals surface area contributed by atoms with Crippen LogP contribution in [0.1, 0.15) is 26.3 Å². The summed E-state index contributed by atoms with van der Waals surface area (Å²) in [5, 5.41) is 9.54. The number of esters is 1. The molecule has 2 heterocycles. The Bertz CT molecular complexity index is 862. The maximum Gasteiger partial charge on any atom is 0.319 e. The zero-order chi connectivity index (χ0) is 16.4. The molecule has 23 heavy (non-hydrogen) atoms. The minimum Gasteiger partial charge on any atom is -0.465 e. The van der Waals surface area contributed by atoms with Crippen LogP contribution in [0.4, 0.5) is 0 Å². The number of nitrogens with one attached hydrogen (secondary N) is 1. The highest BCUT2D eigenvalue weighted by molar-refractivity contribution is 8.00. The quantitative estimate of drug-likeness (QED) is 0.572. The lowest BCUT2D eigenvalue weighted by Gasteiger charge is -2.08. The Morgan fingerprint density at radius 1 is 1.35 bits per heavy atom. The number of aromatic nitrogens is 4. The van der Waals surface area contributed by atoms with Crippen molar-refractivity contribution in [2.24, 2.45) is 0 Å². The summed E-state index contributed by atoms with van der Waals surface area (Å²) in [4.78, 5) is 19.4. The lowest BCUT2D eigenvalue weighted by molar-refractivity contribution is -0.142. The van der Waals surface area contributed by atoms with Crippen LogP contribution in [0.15, 0.2) is 23.4 Å². The molecule has 0 aliphatic heterocycles. The normalized spacial score (nSPS) is 12.7. The lowest BCUT2D eigenvalue weighted by Crippen LogP contribution is -2.17. The molecule has 3 rings (SSSR count). The predicted molar refractivity (Wildman–Crippen MR) is 90.5 cm³/mol. The summed E-state index contributed by atoms with van der Waals surface area (Å²) in [7, 11) is 0. The van der Waals surface area contributed by atoms with E-state index in [1.165, 1.54) is 17.3 Å². The molecule has 2 aromatic heterocycles. The van der Waals surface area contributed by atoms with Gasteiger partial charge in [-0.3, -0.25) is 4.79 Å². The van der Waals surface area contributed by atoms with Crippen LogP contribution in [0, 0.1) is 0 Å². The van der Waals surface area contributed by atoms with E-state index in [-0.39, 0.29) is 11.2 Å². The van der Waals surface area contributed by atoms with Crippen molar-refractivity contribution in [1.82, 2.24) is 20.2 Å². The van der Waals surface area contributed by atoms with Crippen molar-refractivity contribution < 1.29 is 9.53 Å². The fraction of sp³-hybridized carbons (Fsp3) is 0.375. The molecule has 120 valence electrons. The summed E-state index contributed by atoms with van der Waals surface area (Å²) in [5.41, 5.74) is 3.67. The predicted octanol–water partition coefficient (Wildman–Crippen LogP) is 3.11. The molecule has 0 aliphatic carbocycles. The Morgan fingerprint density at radius 3 is 2.91 bits per heavy atom. The van der Waals surface area contributed by atoms with Crippen molar-refractivity contribution in [3.05, 3.63) is 23.8 Å². The number of nitrogens with zero attached hydrogens (tertiary/aromatic N) is 3. The largest absolute Gasteiger partial charge is 0.465 e. The first-order valence-corrected chi connectivity index (χ1v) is 8.48. The average molecular weight is 330 g/mol. The van der Waals surface area contributed by atoms with Crippen molar-refractivity contribution >= 4 is 39.8 Å². The first-order valence-electron chi connectivity index (χ1n) is 7.60. The SMILES string of the molecule is CCOC(=O)C(C)Sc1nnc2c(n1)[nH]c1ccc(CC)cc12. The summed E-state index contributed by atoms with van der Waals surface area (Å²) in [5.74, 6) is -0.273. The summed E-state index contributed by atoms with van der Waals surface area (Å²) in [6, 6.07) is 6.23. The van der Waals surface area contributed by atoms with Crippen molar-refractivity contribution in [3.63, 3.8) is 0 Å². The molecule has 1 aromatic carbocycles. The number of rotatable bonds is 5. The van der Waals surface area contributed by atoms with Crippen LogP contribution in [-0.2, 0) is 16.0 Å². The number of hydrogen-bond donors (Lipinski definition) is 1. The van der Waals surface area contributed by atoms with Gasteiger partial charge < -0.3 is 9.72 Å². The fourth-order valence-electron chi connectivity index (χ4n) is 2.34. The third-order valence-corrected chi connectivity index (χ3v) is 4.50. The maximum atomic E-state index is 11.7. The third-order valence-electron chi connectivity index (χ3n) is 3.57. The van der Waals surface area contributed by atoms with Gasteiger partial charge in [0.05, 0.1) is 6.61 Å². The Balaban J connectivity index is 1.93. The van der Waals surface area contributed by atoms with Crippen molar-refractivity contribution in [2.75, 3.05) is 6.61 Å². The molecule has 0 aliphatic rings. The molecule has 3 aromatic rings. The maximum absolute atomic E-state index is 11.7. The number of ether oxygens (including phenoxy) is 1. The van der Waals surface area contributed by atoms with Crippen LogP contribution in [0.2, 0.25) is 0 Å². The first kappa shape index (κ1) is 15.7. The van der Waals surface area contributed by atoms with Gasteiger partial charge in [0, 0.05) is 10.9 Å². The molecule has 7 heteroatoms. The topological polar surface area (TPSA) is 80.8 Å². The van der Waals surface area contributed by atoms with Crippen LogP contribution in [0.25, 0.3) is 22.1 Å². The van der Waals surface area contributed by atoms with Crippen LogP contribution >= 0.6 is 11.8 Å². The summed E-state index contributed by atoms with van der Waals surface area (Å²) in [6.07, 6.45) is 0.967. The summed E-state index contributed by atoms with van der Waals surface area (Å²) >= 11 is 1.24. The van der Waals surface area contributed by atoms with Gasteiger partial charge in [0.15, 0.2) is 5.65 Å². The van der Waals surface area contributed by atoms with E-state index in [2.05, 4.69) is 39.2 Å². The highest BCUT2D eigenvalue weighted by Gasteiger charge is 2.18. The second kappa shape index (κ2) is 6.54. The average Bonchev–Trinajstić information content (AvgIpc) is 2.91. The van der Waals surface area contributed by atoms with Crippen molar-refractivity contribution in [3.8, 4) is 0 Å². The fourth-order valence-corrected chi connectivity index (χ4v) is 3.05. The lowest BCUT2D eigenvalue weighted by atomic mass is 10.1. The minimum atomic E-state index is -0.370. The third kappa shape index (κ3) is 3.14. The molecule has 0 spiro atoms. The number of thioether (sulfide) groups is 1. The van der Waals surface area contributed by atoms with Gasteiger partial charge in [-0.1, -0.05) is 24.8 Å². The summed E-state index contributed by atoms with van der Waals surface area (Å²) < 4.78 is 4.99. The van der Waals surface area contributed by atoms with E-state index < -0.39 is 0 Å². The Labute approximate surface area is 138 Å². The highest BCUT2D eigenvalue weighted by atomic mass is 32.2. The molecule has 0 fully saturated rings. The number of hydrogen-bond acceptors (Lipinski definition) is 6. The van der Waals surface area contributed by atoms with Gasteiger partial charge in [0.2, 0.25) is 5.16 Å². The van der Waals surface area contributed by atoms with Gasteiger partial charge in [0.1, 0.15) is 10.8 Å². The Morgan fingerprint density at radius 2 is 2.17 bits per heavy atom. The zero-order valence-electron chi connectivity index (χ0n) is 13.3. The Hall–Kier alpha value is -2.15. The number of benzene rings is 1. The van der Waals surface area contributed by atoms with Gasteiger partial charge >= 0.3 is 5.97 Å². The minimum absolute atomic E-state index is 0.273. The molecule has 0 bridgehead atoms. The molecule has 1 unspecified atom stereocenters. The Kier molecular flexibility index (Phi) is 4.47. The number of fused-ring (bicyclic) bond motifs is 3. The smallest absolute Gasteiger partial charge is 0.319 e. The van der Waals surface area contributed by atoms with Gasteiger partial charge in [-0.2, -0.15) is 0 Å². The van der Waals surface area contributed by atoms with Crippen molar-refractivity contribution in [2.45, 2.75) is 37.6 Å². The van der Waals surface area contributed by atoms with E-state index in [1.807, 2.05) is 6.07 Å². The van der Waals surface area contributed by atoms with Gasteiger partial charge in [-0.15, -0.1) is 10.2 Å². The number of H-pyrrole nitrogens is 1. The van der Waals surface area contributed by atoms with E-state index in [0.717, 1.165) is 22.8 Å². The second-order valence-electron chi connectivity index (χ2n) is 5.16. The molecule has 1 atom stereocenters. The molecule has 0 radical (unpaired) electrons. The van der Waals surface area contributed by atoms with Gasteiger partial charge in [-0.25, -0.2) is 4.98 Å². The molecule has 0 amide bonds. The van der Waals surface area contributed by atoms with Gasteiger partial charge in [0.25, 0.3) is 0 Å². The monoisotopic (exact) mass is 330 g/mol. The number of carbonyl (C=O) groups is 1. The van der Waals surface area contributed by atoms with E-state index in [4.69, 9.17) is 4.74 Å². The van der Waals surface area contributed by atoms with Crippen molar-refractivity contribution in [1.29, 1.82) is 0 Å². The molecular weight excluding hydrogens is 312 g/mol.